The fraction of sp³-hybridized carbons (Fsp3) is 1.00. The van der Waals surface area contributed by atoms with E-state index in [9.17, 15) is 0 Å². The van der Waals surface area contributed by atoms with E-state index in [1.807, 2.05) is 7.11 Å². The Hall–Kier alpha value is 1.01. The van der Waals surface area contributed by atoms with Crippen LogP contribution >= 0.6 is 22.4 Å². The summed E-state index contributed by atoms with van der Waals surface area (Å²) in [4.78, 5) is 9.03. The Morgan fingerprint density at radius 2 is 2.06 bits per heavy atom. The van der Waals surface area contributed by atoms with Crippen molar-refractivity contribution in [2.45, 2.75) is 44.0 Å². The minimum atomic E-state index is -1.72. The molecular weight excluding hydrogens is 288 g/mol. The molecule has 2 fully saturated rings. The van der Waals surface area contributed by atoms with Crippen molar-refractivity contribution in [1.82, 2.24) is 0 Å². The zero-order chi connectivity index (χ0) is 12.7. The first-order chi connectivity index (χ1) is 8.07. The average Bonchev–Trinajstić information content (AvgIpc) is 2.35. The monoisotopic (exact) mass is 312 g/mol. The Bertz CT molecular complexity index is 206. The van der Waals surface area contributed by atoms with Gasteiger partial charge in [-0.15, -0.1) is 0 Å². The molecule has 0 aromatic heterocycles. The predicted molar refractivity (Wildman–Crippen MR) is 82.2 cm³/mol. The number of aliphatic hydroxyl groups excluding tert-OH is 1. The van der Waals surface area contributed by atoms with Crippen LogP contribution in [0.4, 0.5) is 0 Å². The summed E-state index contributed by atoms with van der Waals surface area (Å²) in [5, 5.41) is 8.97. The number of rotatable bonds is 1. The van der Waals surface area contributed by atoms with Gasteiger partial charge >= 0.3 is 0 Å². The molecule has 0 aliphatic carbocycles. The van der Waals surface area contributed by atoms with Crippen molar-refractivity contribution in [3.05, 3.63) is 0 Å². The quantitative estimate of drug-likeness (QED) is 0.724. The molecule has 0 aromatic rings. The van der Waals surface area contributed by atoms with Gasteiger partial charge in [0.15, 0.2) is 0 Å². The topological polar surface area (TPSA) is 49.7 Å². The van der Waals surface area contributed by atoms with Crippen molar-refractivity contribution in [2.24, 2.45) is 0 Å². The molecule has 0 amide bonds. The van der Waals surface area contributed by atoms with E-state index >= 15 is 0 Å². The zero-order valence-electron chi connectivity index (χ0n) is 10.7. The highest BCUT2D eigenvalue weighted by Gasteiger charge is 2.30. The molecule has 3 unspecified atom stereocenters. The molecule has 2 rings (SSSR count). The molecule has 2 saturated heterocycles. The predicted octanol–water partition coefficient (Wildman–Crippen LogP) is 1.86. The molecule has 0 radical (unpaired) electrons. The summed E-state index contributed by atoms with van der Waals surface area (Å²) in [5.41, 5.74) is -0.339. The van der Waals surface area contributed by atoms with Gasteiger partial charge in [-0.25, -0.2) is 0 Å². The number of aliphatic hydroxyl groups is 1. The van der Waals surface area contributed by atoms with Crippen LogP contribution in [0.15, 0.2) is 0 Å². The summed E-state index contributed by atoms with van der Waals surface area (Å²) < 4.78 is 5.48. The Labute approximate surface area is 115 Å². The normalized spacial score (nSPS) is 38.1. The van der Waals surface area contributed by atoms with Crippen LogP contribution in [0.5, 0.6) is 0 Å². The minimum Gasteiger partial charge on any atom is -0.424 e. The van der Waals surface area contributed by atoms with Gasteiger partial charge in [-0.3, -0.25) is 0 Å². The highest BCUT2D eigenvalue weighted by atomic mass is 32.4. The van der Waals surface area contributed by atoms with Gasteiger partial charge in [0.1, 0.15) is 0 Å². The molecule has 3 atom stereocenters. The molecule has 0 saturated carbocycles. The standard InChI is InChI=1S/C6H14OSSi.C4H10O2SSi/c1-7-9(2)6-4-3-5-8-9;5-4-2-1-3-7-8(4)6/h3-6H2,1-2H3;4-6,8H,1-3H2. The Kier molecular flexibility index (Phi) is 7.79. The summed E-state index contributed by atoms with van der Waals surface area (Å²) in [6, 6.07) is 1.36. The van der Waals surface area contributed by atoms with E-state index in [2.05, 4.69) is 17.8 Å². The first-order valence-electron chi connectivity index (χ1n) is 6.24. The molecule has 2 aliphatic rings. The van der Waals surface area contributed by atoms with Gasteiger partial charge in [0.2, 0.25) is 0 Å². The van der Waals surface area contributed by atoms with Crippen LogP contribution in [-0.2, 0) is 4.43 Å². The number of hydrogen-bond donors (Lipinski definition) is 2. The summed E-state index contributed by atoms with van der Waals surface area (Å²) in [7, 11) is -1.04. The third kappa shape index (κ3) is 6.13. The van der Waals surface area contributed by atoms with Crippen molar-refractivity contribution in [3.63, 3.8) is 0 Å². The lowest BCUT2D eigenvalue weighted by Crippen LogP contribution is -2.31. The van der Waals surface area contributed by atoms with Gasteiger partial charge in [0, 0.05) is 7.11 Å². The van der Waals surface area contributed by atoms with E-state index in [1.165, 1.54) is 24.6 Å². The van der Waals surface area contributed by atoms with Crippen LogP contribution in [0.2, 0.25) is 12.6 Å². The summed E-state index contributed by atoms with van der Waals surface area (Å²) >= 11 is 3.65. The van der Waals surface area contributed by atoms with E-state index in [-0.39, 0.29) is 5.73 Å². The largest absolute Gasteiger partial charge is 0.424 e. The van der Waals surface area contributed by atoms with Crippen LogP contribution < -0.4 is 0 Å². The molecule has 2 heterocycles. The molecule has 2 aliphatic heterocycles. The van der Waals surface area contributed by atoms with Gasteiger partial charge in [-0.05, 0) is 43.4 Å². The Balaban J connectivity index is 0.000000171. The van der Waals surface area contributed by atoms with Gasteiger partial charge in [0.25, 0.3) is 15.7 Å². The second-order valence-corrected chi connectivity index (χ2v) is 16.7. The third-order valence-corrected chi connectivity index (χ3v) is 14.4. The van der Waals surface area contributed by atoms with Gasteiger partial charge in [-0.1, -0.05) is 6.42 Å². The van der Waals surface area contributed by atoms with Gasteiger partial charge in [-0.2, -0.15) is 22.4 Å². The Morgan fingerprint density at radius 1 is 1.29 bits per heavy atom. The maximum absolute atomic E-state index is 9.03. The molecule has 0 aromatic carbocycles. The zero-order valence-corrected chi connectivity index (χ0v) is 14.5. The lowest BCUT2D eigenvalue weighted by molar-refractivity contribution is 0.222. The fourth-order valence-corrected chi connectivity index (χ4v) is 10.5. The maximum atomic E-state index is 9.03. The molecular formula is C10H24O3S2Si2. The molecule has 102 valence electrons. The van der Waals surface area contributed by atoms with Crippen molar-refractivity contribution in [3.8, 4) is 0 Å². The second kappa shape index (κ2) is 8.24. The minimum absolute atomic E-state index is 0.339. The Morgan fingerprint density at radius 3 is 2.41 bits per heavy atom. The highest BCUT2D eigenvalue weighted by Crippen LogP contribution is 2.32. The summed E-state index contributed by atoms with van der Waals surface area (Å²) in [5.74, 6) is 2.38. The van der Waals surface area contributed by atoms with E-state index in [4.69, 9.17) is 14.3 Å². The van der Waals surface area contributed by atoms with Crippen LogP contribution in [-0.4, -0.2) is 49.9 Å². The van der Waals surface area contributed by atoms with E-state index in [1.54, 1.807) is 11.2 Å². The molecule has 0 spiro atoms. The van der Waals surface area contributed by atoms with Crippen molar-refractivity contribution < 1.29 is 14.3 Å². The van der Waals surface area contributed by atoms with Crippen molar-refractivity contribution in [2.75, 3.05) is 18.6 Å². The maximum Gasteiger partial charge on any atom is 0.263 e. The SMILES string of the molecule is CO[Si]1(C)CCCCS1.OC1CCCS[SiH]1O. The van der Waals surface area contributed by atoms with E-state index in [0.29, 0.717) is 0 Å². The second-order valence-electron chi connectivity index (χ2n) is 4.61. The summed E-state index contributed by atoms with van der Waals surface area (Å²) in [6.07, 6.45) is 4.68. The molecule has 7 heteroatoms. The lowest BCUT2D eigenvalue weighted by Gasteiger charge is -2.28. The first kappa shape index (κ1) is 16.1. The van der Waals surface area contributed by atoms with Crippen LogP contribution in [0, 0.1) is 0 Å². The van der Waals surface area contributed by atoms with Crippen molar-refractivity contribution >= 4 is 38.1 Å². The average molecular weight is 313 g/mol. The molecule has 0 bridgehead atoms. The van der Waals surface area contributed by atoms with Crippen molar-refractivity contribution in [1.29, 1.82) is 0 Å². The van der Waals surface area contributed by atoms with E-state index < -0.39 is 15.7 Å². The number of hydrogen-bond acceptors (Lipinski definition) is 5. The third-order valence-electron chi connectivity index (χ3n) is 3.13. The first-order valence-corrected chi connectivity index (χ1v) is 14.2. The van der Waals surface area contributed by atoms with Crippen LogP contribution in [0.1, 0.15) is 25.7 Å². The lowest BCUT2D eigenvalue weighted by atomic mass is 10.3. The molecule has 3 nitrogen and oxygen atoms in total. The smallest absolute Gasteiger partial charge is 0.263 e. The molecule has 2 N–H and O–H groups in total. The highest BCUT2D eigenvalue weighted by molar-refractivity contribution is 8.28. The van der Waals surface area contributed by atoms with Crippen LogP contribution in [0.25, 0.3) is 0 Å². The summed E-state index contributed by atoms with van der Waals surface area (Å²) in [6.45, 7) is 2.32. The fourth-order valence-electron chi connectivity index (χ4n) is 1.82. The van der Waals surface area contributed by atoms with Gasteiger partial charge < -0.3 is 14.3 Å². The molecule has 17 heavy (non-hydrogen) atoms. The van der Waals surface area contributed by atoms with Gasteiger partial charge in [0.05, 0.1) is 5.73 Å². The van der Waals surface area contributed by atoms with Crippen LogP contribution in [0.3, 0.4) is 0 Å². The van der Waals surface area contributed by atoms with E-state index in [0.717, 1.165) is 18.6 Å².